The van der Waals surface area contributed by atoms with Gasteiger partial charge in [-0.3, -0.25) is 0 Å². The van der Waals surface area contributed by atoms with Gasteiger partial charge in [-0.05, 0) is 31.2 Å². The monoisotopic (exact) mass is 304 g/mol. The summed E-state index contributed by atoms with van der Waals surface area (Å²) >= 11 is 1.86. The average Bonchev–Trinajstić information content (AvgIpc) is 3.13. The lowest BCUT2D eigenvalue weighted by atomic mass is 9.95. The van der Waals surface area contributed by atoms with Crippen LogP contribution in [0.25, 0.3) is 10.2 Å². The van der Waals surface area contributed by atoms with Crippen molar-refractivity contribution < 1.29 is 4.74 Å². The second-order valence-corrected chi connectivity index (χ2v) is 6.99. The summed E-state index contributed by atoms with van der Waals surface area (Å²) in [4.78, 5) is 12.9. The van der Waals surface area contributed by atoms with E-state index in [1.54, 1.807) is 7.11 Å². The van der Waals surface area contributed by atoms with Crippen molar-refractivity contribution in [3.05, 3.63) is 10.4 Å². The van der Waals surface area contributed by atoms with Crippen molar-refractivity contribution in [3.8, 4) is 0 Å². The van der Waals surface area contributed by atoms with Crippen LogP contribution in [0.2, 0.25) is 0 Å². The zero-order valence-corrected chi connectivity index (χ0v) is 13.1. The molecule has 1 saturated heterocycles. The van der Waals surface area contributed by atoms with Gasteiger partial charge < -0.3 is 15.4 Å². The van der Waals surface area contributed by atoms with E-state index >= 15 is 0 Å². The van der Waals surface area contributed by atoms with Crippen LogP contribution in [0.1, 0.15) is 29.7 Å². The minimum Gasteiger partial charge on any atom is -0.381 e. The lowest BCUT2D eigenvalue weighted by Gasteiger charge is -2.20. The Morgan fingerprint density at radius 3 is 2.86 bits per heavy atom. The van der Waals surface area contributed by atoms with Crippen molar-refractivity contribution in [1.29, 1.82) is 0 Å². The Kier molecular flexibility index (Phi) is 3.23. The maximum Gasteiger partial charge on any atom is 0.222 e. The number of anilines is 2. The Bertz CT molecular complexity index is 678. The summed E-state index contributed by atoms with van der Waals surface area (Å²) in [5.74, 6) is 1.44. The number of aromatic nitrogens is 2. The number of aryl methyl sites for hydroxylation is 1. The average molecular weight is 304 g/mol. The third kappa shape index (κ3) is 2.17. The predicted molar refractivity (Wildman–Crippen MR) is 86.1 cm³/mol. The molecule has 0 aromatic carbocycles. The van der Waals surface area contributed by atoms with E-state index in [0.29, 0.717) is 12.1 Å². The minimum atomic E-state index is 0.307. The number of nitrogens with zero attached hydrogens (tertiary/aromatic N) is 3. The summed E-state index contributed by atoms with van der Waals surface area (Å²) in [5, 5.41) is 0. The molecule has 3 heterocycles. The summed E-state index contributed by atoms with van der Waals surface area (Å²) in [6.07, 6.45) is 5.90. The molecule has 0 saturated carbocycles. The van der Waals surface area contributed by atoms with Crippen molar-refractivity contribution in [3.63, 3.8) is 0 Å². The SMILES string of the molecule is COC1CCc2sc3c(N4CCCC4)nc(N)nc3c2C1. The fourth-order valence-corrected chi connectivity index (χ4v) is 4.75. The Morgan fingerprint density at radius 1 is 1.29 bits per heavy atom. The van der Waals surface area contributed by atoms with Gasteiger partial charge in [0, 0.05) is 31.5 Å². The lowest BCUT2D eigenvalue weighted by molar-refractivity contribution is 0.0919. The number of hydrogen-bond acceptors (Lipinski definition) is 6. The quantitative estimate of drug-likeness (QED) is 0.923. The number of methoxy groups -OCH3 is 1. The van der Waals surface area contributed by atoms with Gasteiger partial charge in [-0.1, -0.05) is 0 Å². The molecule has 1 unspecified atom stereocenters. The molecule has 6 heteroatoms. The summed E-state index contributed by atoms with van der Waals surface area (Å²) in [6.45, 7) is 2.16. The van der Waals surface area contributed by atoms with E-state index in [4.69, 9.17) is 10.5 Å². The van der Waals surface area contributed by atoms with Gasteiger partial charge >= 0.3 is 0 Å². The maximum absolute atomic E-state index is 5.98. The first-order valence-electron chi connectivity index (χ1n) is 7.61. The van der Waals surface area contributed by atoms with E-state index in [-0.39, 0.29) is 0 Å². The fourth-order valence-electron chi connectivity index (χ4n) is 3.45. The van der Waals surface area contributed by atoms with Gasteiger partial charge in [0.15, 0.2) is 5.82 Å². The lowest BCUT2D eigenvalue weighted by Crippen LogP contribution is -2.21. The molecule has 0 radical (unpaired) electrons. The molecule has 0 spiro atoms. The number of hydrogen-bond donors (Lipinski definition) is 1. The molecule has 112 valence electrons. The Labute approximate surface area is 128 Å². The van der Waals surface area contributed by atoms with Gasteiger partial charge in [0.05, 0.1) is 16.3 Å². The van der Waals surface area contributed by atoms with Crippen LogP contribution in [0.3, 0.4) is 0 Å². The largest absolute Gasteiger partial charge is 0.381 e. The fraction of sp³-hybridized carbons (Fsp3) is 0.600. The summed E-state index contributed by atoms with van der Waals surface area (Å²) < 4.78 is 6.76. The smallest absolute Gasteiger partial charge is 0.222 e. The number of thiophene rings is 1. The Morgan fingerprint density at radius 2 is 2.10 bits per heavy atom. The van der Waals surface area contributed by atoms with E-state index in [2.05, 4.69) is 14.9 Å². The molecule has 1 aliphatic heterocycles. The van der Waals surface area contributed by atoms with Gasteiger partial charge in [0.2, 0.25) is 5.95 Å². The van der Waals surface area contributed by atoms with Crippen molar-refractivity contribution >= 4 is 33.3 Å². The van der Waals surface area contributed by atoms with E-state index in [1.807, 2.05) is 11.3 Å². The van der Waals surface area contributed by atoms with Crippen molar-refractivity contribution in [1.82, 2.24) is 9.97 Å². The Hall–Kier alpha value is -1.40. The highest BCUT2D eigenvalue weighted by molar-refractivity contribution is 7.19. The second-order valence-electron chi connectivity index (χ2n) is 5.88. The molecule has 2 aromatic rings. The number of ether oxygens (including phenoxy) is 1. The van der Waals surface area contributed by atoms with E-state index in [1.165, 1.54) is 28.0 Å². The van der Waals surface area contributed by atoms with Crippen molar-refractivity contribution in [2.45, 2.75) is 38.2 Å². The van der Waals surface area contributed by atoms with Gasteiger partial charge in [-0.25, -0.2) is 4.98 Å². The minimum absolute atomic E-state index is 0.307. The highest BCUT2D eigenvalue weighted by Crippen LogP contribution is 2.40. The van der Waals surface area contributed by atoms with Gasteiger partial charge in [-0.15, -0.1) is 11.3 Å². The number of rotatable bonds is 2. The molecule has 4 rings (SSSR count). The molecule has 0 bridgehead atoms. The summed E-state index contributed by atoms with van der Waals surface area (Å²) in [5.41, 5.74) is 8.37. The standard InChI is InChI=1S/C15H20N4OS/c1-20-9-4-5-11-10(8-9)12-13(21-11)14(18-15(16)17-12)19-6-2-3-7-19/h9H,2-8H2,1H3,(H2,16,17,18). The van der Waals surface area contributed by atoms with Crippen LogP contribution in [0, 0.1) is 0 Å². The molecular formula is C15H20N4OS. The molecule has 1 fully saturated rings. The topological polar surface area (TPSA) is 64.3 Å². The first-order valence-corrected chi connectivity index (χ1v) is 8.43. The zero-order valence-electron chi connectivity index (χ0n) is 12.3. The van der Waals surface area contributed by atoms with Crippen LogP contribution in [-0.4, -0.2) is 36.3 Å². The maximum atomic E-state index is 5.98. The van der Waals surface area contributed by atoms with Gasteiger partial charge in [0.25, 0.3) is 0 Å². The van der Waals surface area contributed by atoms with Crippen molar-refractivity contribution in [2.24, 2.45) is 0 Å². The molecule has 2 aliphatic rings. The highest BCUT2D eigenvalue weighted by atomic mass is 32.1. The van der Waals surface area contributed by atoms with Crippen LogP contribution >= 0.6 is 11.3 Å². The van der Waals surface area contributed by atoms with Crippen LogP contribution in [0.15, 0.2) is 0 Å². The second kappa shape index (κ2) is 5.10. The summed E-state index contributed by atoms with van der Waals surface area (Å²) in [7, 11) is 1.79. The predicted octanol–water partition coefficient (Wildman–Crippen LogP) is 2.38. The van der Waals surface area contributed by atoms with Gasteiger partial charge in [-0.2, -0.15) is 4.98 Å². The molecule has 2 N–H and O–H groups in total. The Balaban J connectivity index is 1.87. The van der Waals surface area contributed by atoms with Crippen LogP contribution in [0.5, 0.6) is 0 Å². The third-order valence-corrected chi connectivity index (χ3v) is 5.85. The number of nitrogen functional groups attached to an aromatic ring is 1. The van der Waals surface area contributed by atoms with E-state index in [0.717, 1.165) is 43.7 Å². The zero-order chi connectivity index (χ0) is 14.4. The number of fused-ring (bicyclic) bond motifs is 3. The third-order valence-electron chi connectivity index (χ3n) is 4.58. The molecule has 5 nitrogen and oxygen atoms in total. The number of nitrogens with two attached hydrogens (primary N) is 1. The molecular weight excluding hydrogens is 284 g/mol. The molecule has 1 atom stereocenters. The van der Waals surface area contributed by atoms with Crippen LogP contribution in [-0.2, 0) is 17.6 Å². The molecule has 21 heavy (non-hydrogen) atoms. The summed E-state index contributed by atoms with van der Waals surface area (Å²) in [6, 6.07) is 0. The molecule has 0 amide bonds. The molecule has 1 aliphatic carbocycles. The van der Waals surface area contributed by atoms with E-state index in [9.17, 15) is 0 Å². The molecule has 2 aromatic heterocycles. The van der Waals surface area contributed by atoms with Gasteiger partial charge in [0.1, 0.15) is 0 Å². The van der Waals surface area contributed by atoms with Crippen LogP contribution < -0.4 is 10.6 Å². The van der Waals surface area contributed by atoms with Crippen molar-refractivity contribution in [2.75, 3.05) is 30.8 Å². The van der Waals surface area contributed by atoms with Crippen LogP contribution in [0.4, 0.5) is 11.8 Å². The highest BCUT2D eigenvalue weighted by Gasteiger charge is 2.27. The van der Waals surface area contributed by atoms with E-state index < -0.39 is 0 Å². The first-order chi connectivity index (χ1) is 10.3. The normalized spacial score (nSPS) is 22.0. The first kappa shape index (κ1) is 13.3.